The van der Waals surface area contributed by atoms with Gasteiger partial charge in [0.15, 0.2) is 6.10 Å². The maximum atomic E-state index is 12.9. The van der Waals surface area contributed by atoms with Gasteiger partial charge in [-0.3, -0.25) is 14.4 Å². The van der Waals surface area contributed by atoms with E-state index < -0.39 is 6.10 Å². The van der Waals surface area contributed by atoms with Gasteiger partial charge in [0.2, 0.25) is 0 Å². The first kappa shape index (κ1) is 77.1. The van der Waals surface area contributed by atoms with Crippen molar-refractivity contribution in [2.24, 2.45) is 0 Å². The van der Waals surface area contributed by atoms with Gasteiger partial charge in [-0.15, -0.1) is 0 Å². The molecule has 0 aliphatic heterocycles. The number of carbonyl (C=O) groups is 3. The van der Waals surface area contributed by atoms with Crippen LogP contribution in [0, 0.1) is 0 Å². The van der Waals surface area contributed by atoms with E-state index in [1.165, 1.54) is 250 Å². The molecule has 0 bridgehead atoms. The van der Waals surface area contributed by atoms with E-state index in [1.807, 2.05) is 0 Å². The third kappa shape index (κ3) is 65.9. The van der Waals surface area contributed by atoms with Crippen LogP contribution in [0.4, 0.5) is 0 Å². The van der Waals surface area contributed by atoms with Crippen molar-refractivity contribution in [1.82, 2.24) is 0 Å². The summed E-state index contributed by atoms with van der Waals surface area (Å²) >= 11 is 0. The summed E-state index contributed by atoms with van der Waals surface area (Å²) in [6.45, 7) is 6.66. The summed E-state index contributed by atoms with van der Waals surface area (Å²) in [5, 5.41) is 0. The Balaban J connectivity index is 4.22. The minimum absolute atomic E-state index is 0.0751. The first-order valence-corrected chi connectivity index (χ1v) is 35.3. The lowest BCUT2D eigenvalue weighted by Crippen LogP contribution is -2.30. The van der Waals surface area contributed by atoms with Crippen molar-refractivity contribution < 1.29 is 28.6 Å². The molecule has 1 atom stereocenters. The van der Waals surface area contributed by atoms with E-state index in [0.717, 1.165) is 83.5 Å². The second-order valence-corrected chi connectivity index (χ2v) is 23.8. The van der Waals surface area contributed by atoms with Crippen LogP contribution in [0.2, 0.25) is 0 Å². The van der Waals surface area contributed by atoms with Crippen LogP contribution < -0.4 is 0 Å². The molecule has 6 heteroatoms. The molecule has 0 saturated carbocycles. The second-order valence-electron chi connectivity index (χ2n) is 23.8. The highest BCUT2D eigenvalue weighted by molar-refractivity contribution is 5.71. The summed E-state index contributed by atoms with van der Waals surface area (Å²) in [5.41, 5.74) is 0. The van der Waals surface area contributed by atoms with Crippen molar-refractivity contribution in [3.05, 3.63) is 60.8 Å². The largest absolute Gasteiger partial charge is 0.462 e. The normalized spacial score (nSPS) is 12.4. The molecule has 1 unspecified atom stereocenters. The minimum atomic E-state index is -0.780. The molecular formula is C74H134O6. The molecule has 0 heterocycles. The maximum absolute atomic E-state index is 12.9. The third-order valence-corrected chi connectivity index (χ3v) is 15.7. The summed E-state index contributed by atoms with van der Waals surface area (Å²) in [4.78, 5) is 38.4. The third-order valence-electron chi connectivity index (χ3n) is 15.7. The van der Waals surface area contributed by atoms with Crippen LogP contribution >= 0.6 is 0 Å². The number of rotatable bonds is 65. The summed E-state index contributed by atoms with van der Waals surface area (Å²) in [7, 11) is 0. The molecule has 0 aromatic heterocycles. The fourth-order valence-electron chi connectivity index (χ4n) is 10.4. The van der Waals surface area contributed by atoms with E-state index in [1.54, 1.807) is 0 Å². The molecule has 0 spiro atoms. The van der Waals surface area contributed by atoms with Crippen molar-refractivity contribution >= 4 is 17.9 Å². The average Bonchev–Trinajstić information content (AvgIpc) is 3.46. The van der Waals surface area contributed by atoms with Gasteiger partial charge in [0.25, 0.3) is 0 Å². The minimum Gasteiger partial charge on any atom is -0.462 e. The number of hydrogen-bond donors (Lipinski definition) is 0. The summed E-state index contributed by atoms with van der Waals surface area (Å²) in [6, 6.07) is 0. The Kier molecular flexibility index (Phi) is 66.1. The van der Waals surface area contributed by atoms with Gasteiger partial charge < -0.3 is 14.2 Å². The van der Waals surface area contributed by atoms with Gasteiger partial charge in [-0.1, -0.05) is 326 Å². The number of esters is 3. The van der Waals surface area contributed by atoms with Crippen molar-refractivity contribution in [2.75, 3.05) is 13.2 Å². The highest BCUT2D eigenvalue weighted by Gasteiger charge is 2.19. The number of ether oxygens (including phenoxy) is 3. The molecular weight excluding hydrogens is 985 g/mol. The zero-order valence-corrected chi connectivity index (χ0v) is 53.6. The number of hydrogen-bond acceptors (Lipinski definition) is 6. The first-order valence-electron chi connectivity index (χ1n) is 35.3. The highest BCUT2D eigenvalue weighted by Crippen LogP contribution is 2.18. The number of unbranched alkanes of at least 4 members (excludes halogenated alkanes) is 44. The van der Waals surface area contributed by atoms with Crippen LogP contribution in [0.5, 0.6) is 0 Å². The Morgan fingerprint density at radius 3 is 0.700 bits per heavy atom. The fourth-order valence-corrected chi connectivity index (χ4v) is 10.4. The Morgan fingerprint density at radius 2 is 0.450 bits per heavy atom. The molecule has 6 nitrogen and oxygen atoms in total. The van der Waals surface area contributed by atoms with E-state index in [0.29, 0.717) is 19.3 Å². The Bertz CT molecular complexity index is 1430. The van der Waals surface area contributed by atoms with Crippen LogP contribution in [0.1, 0.15) is 374 Å². The molecule has 0 rings (SSSR count). The van der Waals surface area contributed by atoms with E-state index in [2.05, 4.69) is 81.5 Å². The van der Waals surface area contributed by atoms with Crippen LogP contribution in [0.3, 0.4) is 0 Å². The van der Waals surface area contributed by atoms with E-state index >= 15 is 0 Å². The zero-order valence-electron chi connectivity index (χ0n) is 53.6. The molecule has 466 valence electrons. The monoisotopic (exact) mass is 1120 g/mol. The quantitative estimate of drug-likeness (QED) is 0.0261. The van der Waals surface area contributed by atoms with Crippen LogP contribution in [0.25, 0.3) is 0 Å². The molecule has 0 aromatic rings. The highest BCUT2D eigenvalue weighted by atomic mass is 16.6. The van der Waals surface area contributed by atoms with Crippen LogP contribution in [-0.4, -0.2) is 37.2 Å². The Hall–Kier alpha value is -2.89. The van der Waals surface area contributed by atoms with Gasteiger partial charge in [0.05, 0.1) is 0 Å². The maximum Gasteiger partial charge on any atom is 0.306 e. The number of allylic oxidation sites excluding steroid dienone is 10. The lowest BCUT2D eigenvalue weighted by molar-refractivity contribution is -0.167. The molecule has 0 saturated heterocycles. The SMILES string of the molecule is CCCCCCC/C=C\C/C=C\C/C=C\CCCCCCCCC(=O)OC(COC(=O)CCCCCCCCCCCCCC)COC(=O)CCCCCCCCCCCCCCCCCCC/C=C\C/C=C\CCCCCCC. The second kappa shape index (κ2) is 68.6. The predicted octanol–water partition coefficient (Wildman–Crippen LogP) is 24.3. The van der Waals surface area contributed by atoms with Gasteiger partial charge >= 0.3 is 17.9 Å². The topological polar surface area (TPSA) is 78.9 Å². The molecule has 0 fully saturated rings. The van der Waals surface area contributed by atoms with Gasteiger partial charge in [-0.05, 0) is 89.9 Å². The van der Waals surface area contributed by atoms with Crippen molar-refractivity contribution in [1.29, 1.82) is 0 Å². The molecule has 0 radical (unpaired) electrons. The predicted molar refractivity (Wildman–Crippen MR) is 348 cm³/mol. The van der Waals surface area contributed by atoms with E-state index in [-0.39, 0.29) is 31.1 Å². The summed E-state index contributed by atoms with van der Waals surface area (Å²) in [5.74, 6) is -0.865. The molecule has 0 aliphatic carbocycles. The van der Waals surface area contributed by atoms with E-state index in [9.17, 15) is 14.4 Å². The average molecular weight is 1120 g/mol. The molecule has 80 heavy (non-hydrogen) atoms. The molecule has 0 aromatic carbocycles. The van der Waals surface area contributed by atoms with E-state index in [4.69, 9.17) is 14.2 Å². The van der Waals surface area contributed by atoms with Crippen molar-refractivity contribution in [3.63, 3.8) is 0 Å². The standard InChI is InChI=1S/C74H134O6/c1-4-7-10-13-16-19-22-25-27-29-31-33-34-35-36-37-38-39-40-42-43-45-47-49-52-55-58-61-64-67-73(76)79-70-71(69-78-72(75)66-63-60-57-54-51-24-21-18-15-12-9-6-3)80-74(77)68-65-62-59-56-53-50-48-46-44-41-32-30-28-26-23-20-17-14-11-8-5-2/h22-23,25-26,29-32,44,46,71H,4-21,24,27-28,33-43,45,47-70H2,1-3H3/b25-22-,26-23-,31-29-,32-30-,46-44-. The number of carbonyl (C=O) groups excluding carboxylic acids is 3. The Morgan fingerprint density at radius 1 is 0.250 bits per heavy atom. The Labute approximate surface area is 498 Å². The summed E-state index contributed by atoms with van der Waals surface area (Å²) in [6.07, 6.45) is 88.2. The zero-order chi connectivity index (χ0) is 57.8. The van der Waals surface area contributed by atoms with Gasteiger partial charge in [-0.25, -0.2) is 0 Å². The summed E-state index contributed by atoms with van der Waals surface area (Å²) < 4.78 is 17.0. The fraction of sp³-hybridized carbons (Fsp3) is 0.824. The molecule has 0 amide bonds. The van der Waals surface area contributed by atoms with Crippen LogP contribution in [0.15, 0.2) is 60.8 Å². The lowest BCUT2D eigenvalue weighted by atomic mass is 10.0. The molecule has 0 N–H and O–H groups in total. The smallest absolute Gasteiger partial charge is 0.306 e. The van der Waals surface area contributed by atoms with Gasteiger partial charge in [-0.2, -0.15) is 0 Å². The van der Waals surface area contributed by atoms with Gasteiger partial charge in [0, 0.05) is 19.3 Å². The lowest BCUT2D eigenvalue weighted by Gasteiger charge is -2.18. The first-order chi connectivity index (χ1) is 39.5. The van der Waals surface area contributed by atoms with Crippen molar-refractivity contribution in [3.8, 4) is 0 Å². The van der Waals surface area contributed by atoms with Crippen LogP contribution in [-0.2, 0) is 28.6 Å². The van der Waals surface area contributed by atoms with Gasteiger partial charge in [0.1, 0.15) is 13.2 Å². The van der Waals surface area contributed by atoms with Crippen molar-refractivity contribution in [2.45, 2.75) is 380 Å². The molecule has 0 aliphatic rings.